The zero-order valence-corrected chi connectivity index (χ0v) is 12.0. The predicted molar refractivity (Wildman–Crippen MR) is 79.5 cm³/mol. The Kier molecular flexibility index (Phi) is 4.67. The van der Waals surface area contributed by atoms with Crippen molar-refractivity contribution in [3.8, 4) is 0 Å². The molecule has 1 nitrogen and oxygen atoms in total. The minimum Gasteiger partial charge on any atom is -0.378 e. The molecule has 2 aromatic rings. The van der Waals surface area contributed by atoms with Crippen LogP contribution < -0.4 is 5.32 Å². The van der Waals surface area contributed by atoms with Gasteiger partial charge in [0.15, 0.2) is 0 Å². The maximum atomic E-state index is 13.3. The molecule has 19 heavy (non-hydrogen) atoms. The van der Waals surface area contributed by atoms with Crippen molar-refractivity contribution in [1.82, 2.24) is 0 Å². The first-order valence-corrected chi connectivity index (χ1v) is 6.82. The molecular weight excluding hydrogens is 284 g/mol. The smallest absolute Gasteiger partial charge is 0.123 e. The van der Waals surface area contributed by atoms with E-state index >= 15 is 0 Å². The van der Waals surface area contributed by atoms with Gasteiger partial charge in [-0.25, -0.2) is 4.39 Å². The van der Waals surface area contributed by atoms with Crippen LogP contribution in [0.15, 0.2) is 42.5 Å². The zero-order valence-electron chi connectivity index (χ0n) is 10.5. The molecule has 0 spiro atoms. The monoisotopic (exact) mass is 297 g/mol. The van der Waals surface area contributed by atoms with Crippen LogP contribution in [0, 0.1) is 5.82 Å². The third kappa shape index (κ3) is 3.85. The van der Waals surface area contributed by atoms with Crippen molar-refractivity contribution in [3.05, 3.63) is 63.9 Å². The second-order valence-corrected chi connectivity index (χ2v) is 5.19. The molecule has 0 aliphatic heterocycles. The minimum atomic E-state index is -0.234. The molecule has 0 bridgehead atoms. The molecule has 0 fully saturated rings. The van der Waals surface area contributed by atoms with Gasteiger partial charge in [0, 0.05) is 15.7 Å². The molecule has 0 heterocycles. The first-order valence-electron chi connectivity index (χ1n) is 6.06. The van der Waals surface area contributed by atoms with Gasteiger partial charge >= 0.3 is 0 Å². The zero-order chi connectivity index (χ0) is 13.8. The first-order chi connectivity index (χ1) is 9.08. The van der Waals surface area contributed by atoms with Crippen LogP contribution in [-0.4, -0.2) is 0 Å². The van der Waals surface area contributed by atoms with E-state index in [1.807, 2.05) is 13.0 Å². The molecule has 0 aromatic heterocycles. The van der Waals surface area contributed by atoms with Crippen LogP contribution in [0.3, 0.4) is 0 Å². The molecule has 1 atom stereocenters. The largest absolute Gasteiger partial charge is 0.378 e. The molecule has 2 rings (SSSR count). The molecule has 0 amide bonds. The summed E-state index contributed by atoms with van der Waals surface area (Å²) in [6, 6.07) is 11.9. The highest BCUT2D eigenvalue weighted by atomic mass is 35.5. The third-order valence-electron chi connectivity index (χ3n) is 2.86. The fourth-order valence-electron chi connectivity index (χ4n) is 1.98. The maximum Gasteiger partial charge on any atom is 0.123 e. The van der Waals surface area contributed by atoms with Crippen LogP contribution >= 0.6 is 23.2 Å². The molecule has 100 valence electrons. The van der Waals surface area contributed by atoms with Gasteiger partial charge in [-0.1, -0.05) is 42.3 Å². The van der Waals surface area contributed by atoms with Gasteiger partial charge in [-0.3, -0.25) is 0 Å². The van der Waals surface area contributed by atoms with Crippen LogP contribution in [0.25, 0.3) is 0 Å². The van der Waals surface area contributed by atoms with Crippen LogP contribution in [0.2, 0.25) is 10.0 Å². The number of hydrogen-bond donors (Lipinski definition) is 1. The molecule has 1 unspecified atom stereocenters. The van der Waals surface area contributed by atoms with E-state index in [4.69, 9.17) is 23.2 Å². The Bertz CT molecular complexity index is 552. The summed E-state index contributed by atoms with van der Waals surface area (Å²) in [4.78, 5) is 0. The second-order valence-electron chi connectivity index (χ2n) is 4.32. The van der Waals surface area contributed by atoms with E-state index in [1.165, 1.54) is 12.1 Å². The highest BCUT2D eigenvalue weighted by molar-refractivity contribution is 6.35. The average molecular weight is 298 g/mol. The number of rotatable bonds is 4. The average Bonchev–Trinajstić information content (AvgIpc) is 2.34. The van der Waals surface area contributed by atoms with Gasteiger partial charge in [0.05, 0.1) is 6.04 Å². The summed E-state index contributed by atoms with van der Waals surface area (Å²) in [7, 11) is 0. The van der Waals surface area contributed by atoms with Gasteiger partial charge < -0.3 is 5.32 Å². The lowest BCUT2D eigenvalue weighted by Gasteiger charge is -2.19. The van der Waals surface area contributed by atoms with Gasteiger partial charge in [0.25, 0.3) is 0 Å². The quantitative estimate of drug-likeness (QED) is 0.764. The van der Waals surface area contributed by atoms with E-state index in [0.29, 0.717) is 10.0 Å². The fraction of sp³-hybridized carbons (Fsp3) is 0.200. The van der Waals surface area contributed by atoms with Crippen molar-refractivity contribution in [3.63, 3.8) is 0 Å². The highest BCUT2D eigenvalue weighted by Gasteiger charge is 2.10. The lowest BCUT2D eigenvalue weighted by molar-refractivity contribution is 0.621. The van der Waals surface area contributed by atoms with Crippen molar-refractivity contribution < 1.29 is 4.39 Å². The molecular formula is C15H14Cl2FN. The van der Waals surface area contributed by atoms with Gasteiger partial charge in [0.1, 0.15) is 5.82 Å². The van der Waals surface area contributed by atoms with E-state index in [2.05, 4.69) is 5.32 Å². The fourth-order valence-corrected chi connectivity index (χ4v) is 2.51. The SMILES string of the molecule is CCC(Nc1cc(Cl)cc(Cl)c1)c1cccc(F)c1. The van der Waals surface area contributed by atoms with E-state index in [0.717, 1.165) is 17.7 Å². The van der Waals surface area contributed by atoms with Gasteiger partial charge in [-0.15, -0.1) is 0 Å². The Morgan fingerprint density at radius 1 is 1.11 bits per heavy atom. The van der Waals surface area contributed by atoms with E-state index < -0.39 is 0 Å². The maximum absolute atomic E-state index is 13.3. The number of benzene rings is 2. The van der Waals surface area contributed by atoms with Crippen LogP contribution in [-0.2, 0) is 0 Å². The van der Waals surface area contributed by atoms with Crippen LogP contribution in [0.1, 0.15) is 24.9 Å². The van der Waals surface area contributed by atoms with Crippen LogP contribution in [0.5, 0.6) is 0 Å². The molecule has 0 aliphatic carbocycles. The summed E-state index contributed by atoms with van der Waals surface area (Å²) < 4.78 is 13.3. The normalized spacial score (nSPS) is 12.2. The summed E-state index contributed by atoms with van der Waals surface area (Å²) in [5.41, 5.74) is 1.73. The number of hydrogen-bond acceptors (Lipinski definition) is 1. The summed E-state index contributed by atoms with van der Waals surface area (Å²) in [5, 5.41) is 4.46. The summed E-state index contributed by atoms with van der Waals surface area (Å²) >= 11 is 11.9. The third-order valence-corrected chi connectivity index (χ3v) is 3.30. The van der Waals surface area contributed by atoms with Crippen molar-refractivity contribution in [2.45, 2.75) is 19.4 Å². The van der Waals surface area contributed by atoms with E-state index in [9.17, 15) is 4.39 Å². The number of halogens is 3. The van der Waals surface area contributed by atoms with Gasteiger partial charge in [0.2, 0.25) is 0 Å². The lowest BCUT2D eigenvalue weighted by Crippen LogP contribution is -2.09. The van der Waals surface area contributed by atoms with Gasteiger partial charge in [-0.2, -0.15) is 0 Å². The van der Waals surface area contributed by atoms with E-state index in [1.54, 1.807) is 24.3 Å². The second kappa shape index (κ2) is 6.27. The van der Waals surface area contributed by atoms with Crippen molar-refractivity contribution in [2.75, 3.05) is 5.32 Å². The minimum absolute atomic E-state index is 0.0187. The summed E-state index contributed by atoms with van der Waals surface area (Å²) in [6.07, 6.45) is 0.827. The Labute approximate surface area is 122 Å². The molecule has 1 N–H and O–H groups in total. The molecule has 0 saturated carbocycles. The highest BCUT2D eigenvalue weighted by Crippen LogP contribution is 2.27. The summed E-state index contributed by atoms with van der Waals surface area (Å²) in [6.45, 7) is 2.04. The van der Waals surface area contributed by atoms with Crippen molar-refractivity contribution >= 4 is 28.9 Å². The Morgan fingerprint density at radius 2 is 1.79 bits per heavy atom. The van der Waals surface area contributed by atoms with Crippen LogP contribution in [0.4, 0.5) is 10.1 Å². The molecule has 4 heteroatoms. The Balaban J connectivity index is 2.23. The first kappa shape index (κ1) is 14.2. The standard InChI is InChI=1S/C15H14Cl2FN/c1-2-15(10-4-3-5-13(18)6-10)19-14-8-11(16)7-12(17)9-14/h3-9,15,19H,2H2,1H3. The summed E-state index contributed by atoms with van der Waals surface area (Å²) in [5.74, 6) is -0.234. The Morgan fingerprint density at radius 3 is 2.37 bits per heavy atom. The molecule has 0 saturated heterocycles. The number of anilines is 1. The molecule has 0 aliphatic rings. The lowest BCUT2D eigenvalue weighted by atomic mass is 10.0. The predicted octanol–water partition coefficient (Wildman–Crippen LogP) is 5.70. The molecule has 2 aromatic carbocycles. The topological polar surface area (TPSA) is 12.0 Å². The molecule has 0 radical (unpaired) electrons. The Hall–Kier alpha value is -1.25. The van der Waals surface area contributed by atoms with Crippen molar-refractivity contribution in [2.24, 2.45) is 0 Å². The number of nitrogens with one attached hydrogen (secondary N) is 1. The van der Waals surface area contributed by atoms with Gasteiger partial charge in [-0.05, 0) is 42.3 Å². The van der Waals surface area contributed by atoms with Crippen molar-refractivity contribution in [1.29, 1.82) is 0 Å². The van der Waals surface area contributed by atoms with E-state index in [-0.39, 0.29) is 11.9 Å².